The van der Waals surface area contributed by atoms with E-state index in [0.29, 0.717) is 56.8 Å². The van der Waals surface area contributed by atoms with Gasteiger partial charge in [-0.2, -0.15) is 0 Å². The molecule has 1 spiro atoms. The molecule has 2 aliphatic heterocycles. The van der Waals surface area contributed by atoms with Crippen LogP contribution in [0, 0.1) is 5.41 Å². The lowest BCUT2D eigenvalue weighted by Crippen LogP contribution is -2.51. The molecule has 2 amide bonds. The molecule has 0 radical (unpaired) electrons. The molecule has 0 saturated carbocycles. The third kappa shape index (κ3) is 5.28. The minimum Gasteiger partial charge on any atom is -0.457 e. The molecule has 6 nitrogen and oxygen atoms in total. The van der Waals surface area contributed by atoms with Crippen molar-refractivity contribution >= 4 is 11.8 Å². The molecule has 0 atom stereocenters. The SMILES string of the molecule is O=C(c1ccc(Oc2ccccc2)cc1)N1CCC2(CC1)Cc1ccccc1CN(Cc1ccncc1)C2=O. The van der Waals surface area contributed by atoms with Crippen molar-refractivity contribution in [1.29, 1.82) is 0 Å². The first kappa shape index (κ1) is 24.9. The summed E-state index contributed by atoms with van der Waals surface area (Å²) in [4.78, 5) is 35.5. The summed E-state index contributed by atoms with van der Waals surface area (Å²) in [5, 5.41) is 0. The van der Waals surface area contributed by atoms with Crippen molar-refractivity contribution in [3.63, 3.8) is 0 Å². The van der Waals surface area contributed by atoms with Gasteiger partial charge in [-0.15, -0.1) is 0 Å². The molecule has 1 saturated heterocycles. The summed E-state index contributed by atoms with van der Waals surface area (Å²) in [7, 11) is 0. The van der Waals surface area contributed by atoms with Gasteiger partial charge in [0.05, 0.1) is 5.41 Å². The van der Waals surface area contributed by atoms with E-state index in [9.17, 15) is 9.59 Å². The lowest BCUT2D eigenvalue weighted by Gasteiger charge is -2.42. The number of amides is 2. The number of hydrogen-bond donors (Lipinski definition) is 0. The highest BCUT2D eigenvalue weighted by Gasteiger charge is 2.46. The predicted molar refractivity (Wildman–Crippen MR) is 149 cm³/mol. The van der Waals surface area contributed by atoms with Crippen LogP contribution in [0.3, 0.4) is 0 Å². The second-order valence-corrected chi connectivity index (χ2v) is 10.5. The first-order valence-corrected chi connectivity index (χ1v) is 13.5. The van der Waals surface area contributed by atoms with Crippen LogP contribution in [-0.4, -0.2) is 39.7 Å². The van der Waals surface area contributed by atoms with E-state index in [1.807, 2.05) is 82.6 Å². The molecule has 6 heteroatoms. The number of hydrogen-bond acceptors (Lipinski definition) is 4. The summed E-state index contributed by atoms with van der Waals surface area (Å²) in [5.74, 6) is 1.62. The molecule has 6 rings (SSSR count). The lowest BCUT2D eigenvalue weighted by atomic mass is 9.72. The summed E-state index contributed by atoms with van der Waals surface area (Å²) < 4.78 is 5.87. The number of aromatic nitrogens is 1. The number of ether oxygens (including phenoxy) is 1. The van der Waals surface area contributed by atoms with Crippen LogP contribution >= 0.6 is 0 Å². The minimum absolute atomic E-state index is 0.00813. The van der Waals surface area contributed by atoms with Crippen LogP contribution in [0.1, 0.15) is 39.9 Å². The Kier molecular flexibility index (Phi) is 6.84. The van der Waals surface area contributed by atoms with Crippen LogP contribution in [0.4, 0.5) is 0 Å². The van der Waals surface area contributed by atoms with Crippen molar-refractivity contribution in [3.05, 3.63) is 126 Å². The Hall–Kier alpha value is -4.45. The van der Waals surface area contributed by atoms with Crippen molar-refractivity contribution in [1.82, 2.24) is 14.8 Å². The molecule has 2 aliphatic rings. The number of nitrogens with zero attached hydrogens (tertiary/aromatic N) is 3. The molecule has 0 N–H and O–H groups in total. The Morgan fingerprint density at radius 1 is 0.795 bits per heavy atom. The Bertz CT molecular complexity index is 1450. The summed E-state index contributed by atoms with van der Waals surface area (Å²) in [6, 6.07) is 29.2. The maximum absolute atomic E-state index is 14.1. The number of likely N-dealkylation sites (tertiary alicyclic amines) is 1. The molecule has 3 heterocycles. The highest BCUT2D eigenvalue weighted by atomic mass is 16.5. The van der Waals surface area contributed by atoms with E-state index in [1.54, 1.807) is 12.4 Å². The van der Waals surface area contributed by atoms with E-state index in [4.69, 9.17) is 4.74 Å². The molecule has 0 bridgehead atoms. The topological polar surface area (TPSA) is 62.7 Å². The number of carbonyl (C=O) groups excluding carboxylic acids is 2. The van der Waals surface area contributed by atoms with Crippen LogP contribution in [0.5, 0.6) is 11.5 Å². The Balaban J connectivity index is 1.17. The molecule has 39 heavy (non-hydrogen) atoms. The highest BCUT2D eigenvalue weighted by Crippen LogP contribution is 2.41. The molecule has 0 aliphatic carbocycles. The molecule has 0 unspecified atom stereocenters. The number of carbonyl (C=O) groups is 2. The summed E-state index contributed by atoms with van der Waals surface area (Å²) >= 11 is 0. The average molecular weight is 518 g/mol. The quantitative estimate of drug-likeness (QED) is 0.332. The molecular formula is C33H31N3O3. The van der Waals surface area contributed by atoms with Crippen LogP contribution in [0.15, 0.2) is 103 Å². The van der Waals surface area contributed by atoms with Crippen LogP contribution < -0.4 is 4.74 Å². The van der Waals surface area contributed by atoms with E-state index in [-0.39, 0.29) is 11.8 Å². The molecule has 1 fully saturated rings. The maximum Gasteiger partial charge on any atom is 0.253 e. The standard InChI is InChI=1S/C33H31N3O3/c37-31(26-10-12-30(13-11-26)39-29-8-2-1-3-9-29)35-20-16-33(17-21-35)22-27-6-4-5-7-28(27)24-36(32(33)38)23-25-14-18-34-19-15-25/h1-15,18-19H,16-17,20-24H2. The van der Waals surface area contributed by atoms with Crippen LogP contribution in [0.25, 0.3) is 0 Å². The minimum atomic E-state index is -0.510. The normalized spacial score (nSPS) is 16.5. The van der Waals surface area contributed by atoms with Gasteiger partial charge in [0.1, 0.15) is 11.5 Å². The van der Waals surface area contributed by atoms with Gasteiger partial charge >= 0.3 is 0 Å². The molecule has 4 aromatic rings. The maximum atomic E-state index is 14.1. The Morgan fingerprint density at radius 3 is 2.15 bits per heavy atom. The number of fused-ring (bicyclic) bond motifs is 1. The van der Waals surface area contributed by atoms with E-state index in [2.05, 4.69) is 23.2 Å². The molecule has 196 valence electrons. The third-order valence-corrected chi connectivity index (χ3v) is 7.96. The average Bonchev–Trinajstić information content (AvgIpc) is 3.09. The van der Waals surface area contributed by atoms with Gasteiger partial charge in [0, 0.05) is 44.1 Å². The molecule has 1 aromatic heterocycles. The van der Waals surface area contributed by atoms with Gasteiger partial charge in [-0.1, -0.05) is 42.5 Å². The zero-order valence-corrected chi connectivity index (χ0v) is 21.8. The van der Waals surface area contributed by atoms with Crippen LogP contribution in [0.2, 0.25) is 0 Å². The monoisotopic (exact) mass is 517 g/mol. The highest BCUT2D eigenvalue weighted by molar-refractivity contribution is 5.94. The predicted octanol–water partition coefficient (Wildman–Crippen LogP) is 5.88. The van der Waals surface area contributed by atoms with Gasteiger partial charge in [-0.25, -0.2) is 0 Å². The van der Waals surface area contributed by atoms with Gasteiger partial charge < -0.3 is 14.5 Å². The first-order valence-electron chi connectivity index (χ1n) is 13.5. The van der Waals surface area contributed by atoms with Crippen molar-refractivity contribution in [3.8, 4) is 11.5 Å². The lowest BCUT2D eigenvalue weighted by molar-refractivity contribution is -0.145. The largest absolute Gasteiger partial charge is 0.457 e. The third-order valence-electron chi connectivity index (χ3n) is 7.96. The number of pyridine rings is 1. The van der Waals surface area contributed by atoms with Crippen molar-refractivity contribution in [2.75, 3.05) is 13.1 Å². The summed E-state index contributed by atoms with van der Waals surface area (Å²) in [6.45, 7) is 2.26. The second kappa shape index (κ2) is 10.7. The zero-order chi connectivity index (χ0) is 26.7. The molecule has 3 aromatic carbocycles. The van der Waals surface area contributed by atoms with E-state index < -0.39 is 5.41 Å². The second-order valence-electron chi connectivity index (χ2n) is 10.5. The fraction of sp³-hybridized carbons (Fsp3) is 0.242. The number of para-hydroxylation sites is 1. The summed E-state index contributed by atoms with van der Waals surface area (Å²) in [6.07, 6.45) is 5.54. The van der Waals surface area contributed by atoms with Gasteiger partial charge in [0.15, 0.2) is 0 Å². The van der Waals surface area contributed by atoms with Gasteiger partial charge in [-0.3, -0.25) is 14.6 Å². The fourth-order valence-electron chi connectivity index (χ4n) is 5.77. The first-order chi connectivity index (χ1) is 19.1. The van der Waals surface area contributed by atoms with Crippen molar-refractivity contribution in [2.24, 2.45) is 5.41 Å². The summed E-state index contributed by atoms with van der Waals surface area (Å²) in [5.41, 5.74) is 3.62. The van der Waals surface area contributed by atoms with Crippen molar-refractivity contribution in [2.45, 2.75) is 32.4 Å². The molecular weight excluding hydrogens is 486 g/mol. The fourth-order valence-corrected chi connectivity index (χ4v) is 5.77. The van der Waals surface area contributed by atoms with Crippen molar-refractivity contribution < 1.29 is 14.3 Å². The van der Waals surface area contributed by atoms with E-state index in [0.717, 1.165) is 11.3 Å². The Labute approximate surface area is 228 Å². The zero-order valence-electron chi connectivity index (χ0n) is 21.8. The van der Waals surface area contributed by atoms with Crippen LogP contribution in [-0.2, 0) is 24.3 Å². The van der Waals surface area contributed by atoms with E-state index >= 15 is 0 Å². The van der Waals surface area contributed by atoms with Gasteiger partial charge in [0.2, 0.25) is 5.91 Å². The van der Waals surface area contributed by atoms with E-state index in [1.165, 1.54) is 11.1 Å². The number of piperidine rings is 1. The van der Waals surface area contributed by atoms with Gasteiger partial charge in [-0.05, 0) is 84.5 Å². The smallest absolute Gasteiger partial charge is 0.253 e. The van der Waals surface area contributed by atoms with Gasteiger partial charge in [0.25, 0.3) is 5.91 Å². The number of benzene rings is 3. The Morgan fingerprint density at radius 2 is 1.44 bits per heavy atom. The number of rotatable bonds is 5.